The second-order valence-corrected chi connectivity index (χ2v) is 6.27. The first-order valence-corrected chi connectivity index (χ1v) is 8.56. The van der Waals surface area contributed by atoms with Crippen molar-refractivity contribution in [1.29, 1.82) is 0 Å². The first-order valence-electron chi connectivity index (χ1n) is 8.56. The van der Waals surface area contributed by atoms with Gasteiger partial charge < -0.3 is 14.4 Å². The van der Waals surface area contributed by atoms with Crippen LogP contribution < -0.4 is 4.90 Å². The highest BCUT2D eigenvalue weighted by Gasteiger charge is 2.15. The number of fused-ring (bicyclic) bond motifs is 3. The van der Waals surface area contributed by atoms with E-state index in [1.54, 1.807) is 0 Å². The molecular weight excluding hydrogens is 310 g/mol. The minimum Gasteiger partial charge on any atom is -0.388 e. The van der Waals surface area contributed by atoms with Crippen LogP contribution in [0.15, 0.2) is 66.9 Å². The fourth-order valence-electron chi connectivity index (χ4n) is 3.25. The average Bonchev–Trinajstić information content (AvgIpc) is 3.15. The molecule has 0 amide bonds. The third-order valence-corrected chi connectivity index (χ3v) is 4.70. The molecule has 1 N–H and O–H groups in total. The van der Waals surface area contributed by atoms with Crippen molar-refractivity contribution in [1.82, 2.24) is 9.38 Å². The van der Waals surface area contributed by atoms with Gasteiger partial charge in [-0.05, 0) is 48.4 Å². The Hall–Kier alpha value is -2.85. The maximum atomic E-state index is 10.2. The summed E-state index contributed by atoms with van der Waals surface area (Å²) in [5.74, 6) is 0.907. The van der Waals surface area contributed by atoms with Crippen molar-refractivity contribution in [2.75, 3.05) is 11.9 Å². The largest absolute Gasteiger partial charge is 0.388 e. The molecule has 4 heteroatoms. The molecule has 2 aromatic heterocycles. The predicted molar refractivity (Wildman–Crippen MR) is 102 cm³/mol. The lowest BCUT2D eigenvalue weighted by molar-refractivity contribution is 0.174. The summed E-state index contributed by atoms with van der Waals surface area (Å²) >= 11 is 0. The number of nitrogens with zero attached hydrogens (tertiary/aromatic N) is 3. The Morgan fingerprint density at radius 2 is 1.88 bits per heavy atom. The van der Waals surface area contributed by atoms with Crippen LogP contribution in [0.1, 0.15) is 25.0 Å². The van der Waals surface area contributed by atoms with Crippen LogP contribution in [0, 0.1) is 0 Å². The van der Waals surface area contributed by atoms with Crippen LogP contribution in [0.5, 0.6) is 0 Å². The fourth-order valence-corrected chi connectivity index (χ4v) is 3.25. The summed E-state index contributed by atoms with van der Waals surface area (Å²) in [6.07, 6.45) is 2.26. The summed E-state index contributed by atoms with van der Waals surface area (Å²) in [5.41, 5.74) is 3.97. The molecule has 0 bridgehead atoms. The van der Waals surface area contributed by atoms with Crippen molar-refractivity contribution in [3.8, 4) is 0 Å². The van der Waals surface area contributed by atoms with Gasteiger partial charge in [-0.3, -0.25) is 0 Å². The number of hydrogen-bond acceptors (Lipinski definition) is 3. The molecule has 0 saturated carbocycles. The maximum absolute atomic E-state index is 10.2. The Bertz CT molecular complexity index is 1020. The molecule has 0 saturated heterocycles. The summed E-state index contributed by atoms with van der Waals surface area (Å²) in [7, 11) is 2.03. The molecule has 126 valence electrons. The molecular formula is C21H21N3O. The van der Waals surface area contributed by atoms with Crippen molar-refractivity contribution in [3.63, 3.8) is 0 Å². The minimum absolute atomic E-state index is 0.446. The molecule has 0 spiro atoms. The lowest BCUT2D eigenvalue weighted by Crippen LogP contribution is -2.12. The first-order chi connectivity index (χ1) is 12.2. The summed E-state index contributed by atoms with van der Waals surface area (Å²) in [4.78, 5) is 6.96. The molecule has 2 aromatic carbocycles. The van der Waals surface area contributed by atoms with E-state index in [1.165, 1.54) is 0 Å². The third-order valence-electron chi connectivity index (χ3n) is 4.70. The van der Waals surface area contributed by atoms with Crippen molar-refractivity contribution in [2.45, 2.75) is 19.4 Å². The number of anilines is 2. The Balaban J connectivity index is 1.97. The zero-order valence-electron chi connectivity index (χ0n) is 14.4. The van der Waals surface area contributed by atoms with Crippen LogP contribution in [-0.4, -0.2) is 21.5 Å². The molecule has 1 atom stereocenters. The van der Waals surface area contributed by atoms with Gasteiger partial charge in [-0.15, -0.1) is 0 Å². The standard InChI is InChI=1S/C21H21N3O/c1-3-19(25)15-11-12-17-18(14-15)24-13-7-10-20(24)22-21(17)23(2)16-8-5-4-6-9-16/h4-14,19,25H,3H2,1-2H3. The molecule has 0 aliphatic carbocycles. The van der Waals surface area contributed by atoms with E-state index in [2.05, 4.69) is 33.6 Å². The number of rotatable bonds is 4. The van der Waals surface area contributed by atoms with Gasteiger partial charge in [0.1, 0.15) is 11.5 Å². The van der Waals surface area contributed by atoms with Gasteiger partial charge in [-0.25, -0.2) is 4.98 Å². The zero-order chi connectivity index (χ0) is 17.4. The Labute approximate surface area is 147 Å². The van der Waals surface area contributed by atoms with E-state index in [1.807, 2.05) is 56.6 Å². The van der Waals surface area contributed by atoms with Gasteiger partial charge in [0.2, 0.25) is 0 Å². The molecule has 25 heavy (non-hydrogen) atoms. The highest BCUT2D eigenvalue weighted by Crippen LogP contribution is 2.32. The van der Waals surface area contributed by atoms with Crippen LogP contribution in [0.2, 0.25) is 0 Å². The smallest absolute Gasteiger partial charge is 0.144 e. The van der Waals surface area contributed by atoms with Gasteiger partial charge in [0.15, 0.2) is 0 Å². The summed E-state index contributed by atoms with van der Waals surface area (Å²) < 4.78 is 2.07. The lowest BCUT2D eigenvalue weighted by Gasteiger charge is -2.21. The number of aliphatic hydroxyl groups is 1. The molecule has 0 aliphatic heterocycles. The van der Waals surface area contributed by atoms with Crippen molar-refractivity contribution >= 4 is 28.1 Å². The summed E-state index contributed by atoms with van der Waals surface area (Å²) in [6, 6.07) is 20.3. The number of para-hydroxylation sites is 1. The minimum atomic E-state index is -0.446. The summed E-state index contributed by atoms with van der Waals surface area (Å²) in [5, 5.41) is 11.3. The highest BCUT2D eigenvalue weighted by atomic mass is 16.3. The third kappa shape index (κ3) is 2.65. The van der Waals surface area contributed by atoms with Crippen LogP contribution >= 0.6 is 0 Å². The predicted octanol–water partition coefficient (Wildman–Crippen LogP) is 4.70. The van der Waals surface area contributed by atoms with Gasteiger partial charge in [-0.1, -0.05) is 31.2 Å². The van der Waals surface area contributed by atoms with Gasteiger partial charge in [-0.2, -0.15) is 0 Å². The van der Waals surface area contributed by atoms with Gasteiger partial charge >= 0.3 is 0 Å². The Morgan fingerprint density at radius 1 is 1.08 bits per heavy atom. The SMILES string of the molecule is CCC(O)c1ccc2c(N(C)c3ccccc3)nc3cccn3c2c1. The van der Waals surface area contributed by atoms with Gasteiger partial charge in [0, 0.05) is 24.3 Å². The van der Waals surface area contributed by atoms with Crippen LogP contribution in [0.4, 0.5) is 11.5 Å². The van der Waals surface area contributed by atoms with E-state index in [4.69, 9.17) is 4.98 Å². The van der Waals surface area contributed by atoms with Gasteiger partial charge in [0.05, 0.1) is 11.6 Å². The van der Waals surface area contributed by atoms with E-state index in [0.29, 0.717) is 6.42 Å². The van der Waals surface area contributed by atoms with E-state index in [-0.39, 0.29) is 0 Å². The van der Waals surface area contributed by atoms with Crippen molar-refractivity contribution in [2.24, 2.45) is 0 Å². The molecule has 2 heterocycles. The van der Waals surface area contributed by atoms with E-state index in [0.717, 1.165) is 33.6 Å². The normalized spacial score (nSPS) is 12.6. The second kappa shape index (κ2) is 6.22. The molecule has 0 aliphatic rings. The number of hydrogen-bond donors (Lipinski definition) is 1. The summed E-state index contributed by atoms with van der Waals surface area (Å²) in [6.45, 7) is 1.99. The number of aromatic nitrogens is 2. The van der Waals surface area contributed by atoms with Crippen LogP contribution in [0.3, 0.4) is 0 Å². The van der Waals surface area contributed by atoms with Crippen LogP contribution in [0.25, 0.3) is 16.6 Å². The van der Waals surface area contributed by atoms with E-state index >= 15 is 0 Å². The first kappa shape index (κ1) is 15.7. The maximum Gasteiger partial charge on any atom is 0.144 e. The molecule has 4 nitrogen and oxygen atoms in total. The van der Waals surface area contributed by atoms with Crippen molar-refractivity contribution < 1.29 is 5.11 Å². The van der Waals surface area contributed by atoms with E-state index in [9.17, 15) is 5.11 Å². The van der Waals surface area contributed by atoms with Gasteiger partial charge in [0.25, 0.3) is 0 Å². The quantitative estimate of drug-likeness (QED) is 0.589. The Kier molecular flexibility index (Phi) is 3.90. The second-order valence-electron chi connectivity index (χ2n) is 6.27. The molecule has 1 unspecified atom stereocenters. The fraction of sp³-hybridized carbons (Fsp3) is 0.190. The van der Waals surface area contributed by atoms with Crippen LogP contribution in [-0.2, 0) is 0 Å². The average molecular weight is 331 g/mol. The lowest BCUT2D eigenvalue weighted by atomic mass is 10.0. The highest BCUT2D eigenvalue weighted by molar-refractivity contribution is 5.94. The monoisotopic (exact) mass is 331 g/mol. The number of aliphatic hydroxyl groups excluding tert-OH is 1. The molecule has 0 fully saturated rings. The molecule has 4 rings (SSSR count). The van der Waals surface area contributed by atoms with E-state index < -0.39 is 6.10 Å². The zero-order valence-corrected chi connectivity index (χ0v) is 14.4. The number of benzene rings is 2. The van der Waals surface area contributed by atoms with Crippen molar-refractivity contribution in [3.05, 3.63) is 72.4 Å². The Morgan fingerprint density at radius 3 is 2.64 bits per heavy atom. The topological polar surface area (TPSA) is 40.8 Å². The molecule has 4 aromatic rings. The molecule has 0 radical (unpaired) electrons.